The molecule has 1 aromatic heterocycles. The van der Waals surface area contributed by atoms with Crippen molar-refractivity contribution in [3.63, 3.8) is 0 Å². The summed E-state index contributed by atoms with van der Waals surface area (Å²) in [5.74, 6) is -1.71. The van der Waals surface area contributed by atoms with Gasteiger partial charge in [-0.1, -0.05) is 0 Å². The van der Waals surface area contributed by atoms with Crippen LogP contribution in [0, 0.1) is 21.7 Å². The molecule has 0 saturated heterocycles. The highest BCUT2D eigenvalue weighted by Crippen LogP contribution is 2.29. The second-order valence-electron chi connectivity index (χ2n) is 3.60. The molecule has 2 rings (SSSR count). The molecule has 0 aliphatic heterocycles. The molecule has 0 aliphatic rings. The van der Waals surface area contributed by atoms with Crippen LogP contribution in [0.1, 0.15) is 5.76 Å². The minimum Gasteiger partial charge on any atom is -0.448 e. The monoisotopic (exact) mass is 288 g/mol. The standard InChI is InChI=1S/C11H7ClF2N2O3/c12-10-2-1-7(19-10)5-15-11-8(14)3-6(13)4-9(11)16(17)18/h1-4,15H,5H2. The topological polar surface area (TPSA) is 68.3 Å². The van der Waals surface area contributed by atoms with Crippen molar-refractivity contribution in [3.05, 3.63) is 57.0 Å². The number of hydrogen-bond acceptors (Lipinski definition) is 4. The number of furan rings is 1. The van der Waals surface area contributed by atoms with Gasteiger partial charge in [0.05, 0.1) is 17.5 Å². The fourth-order valence-electron chi connectivity index (χ4n) is 1.50. The van der Waals surface area contributed by atoms with E-state index in [1.807, 2.05) is 0 Å². The summed E-state index contributed by atoms with van der Waals surface area (Å²) in [4.78, 5) is 9.86. The highest BCUT2D eigenvalue weighted by Gasteiger charge is 2.20. The van der Waals surface area contributed by atoms with Crippen LogP contribution in [0.25, 0.3) is 0 Å². The van der Waals surface area contributed by atoms with E-state index >= 15 is 0 Å². The first kappa shape index (κ1) is 13.3. The first-order valence-electron chi connectivity index (χ1n) is 5.09. The number of halogens is 3. The Hall–Kier alpha value is -2.15. The zero-order valence-corrected chi connectivity index (χ0v) is 10.1. The lowest BCUT2D eigenvalue weighted by Gasteiger charge is -2.06. The Morgan fingerprint density at radius 3 is 2.68 bits per heavy atom. The van der Waals surface area contributed by atoms with Crippen molar-refractivity contribution in [3.8, 4) is 0 Å². The van der Waals surface area contributed by atoms with Crippen LogP contribution < -0.4 is 5.32 Å². The first-order valence-corrected chi connectivity index (χ1v) is 5.46. The maximum atomic E-state index is 13.5. The maximum Gasteiger partial charge on any atom is 0.298 e. The Morgan fingerprint density at radius 1 is 1.37 bits per heavy atom. The Balaban J connectivity index is 2.26. The molecule has 8 heteroatoms. The molecule has 0 bridgehead atoms. The zero-order chi connectivity index (χ0) is 14.0. The predicted octanol–water partition coefficient (Wildman–Crippen LogP) is 3.73. The lowest BCUT2D eigenvalue weighted by Crippen LogP contribution is -2.05. The van der Waals surface area contributed by atoms with E-state index in [0.717, 1.165) is 0 Å². The number of benzene rings is 1. The average molecular weight is 289 g/mol. The molecule has 0 amide bonds. The molecule has 1 heterocycles. The summed E-state index contributed by atoms with van der Waals surface area (Å²) in [5.41, 5.74) is -1.09. The third kappa shape index (κ3) is 3.00. The van der Waals surface area contributed by atoms with E-state index in [9.17, 15) is 18.9 Å². The summed E-state index contributed by atoms with van der Waals surface area (Å²) in [7, 11) is 0. The van der Waals surface area contributed by atoms with Crippen LogP contribution in [0.15, 0.2) is 28.7 Å². The molecule has 2 aromatic rings. The second-order valence-corrected chi connectivity index (χ2v) is 3.97. The SMILES string of the molecule is O=[N+]([O-])c1cc(F)cc(F)c1NCc1ccc(Cl)o1. The molecule has 0 aliphatic carbocycles. The van der Waals surface area contributed by atoms with Gasteiger partial charge in [0.15, 0.2) is 11.0 Å². The molecule has 0 radical (unpaired) electrons. The number of rotatable bonds is 4. The van der Waals surface area contributed by atoms with E-state index in [0.29, 0.717) is 17.9 Å². The molecule has 0 spiro atoms. The van der Waals surface area contributed by atoms with Gasteiger partial charge in [0.2, 0.25) is 0 Å². The smallest absolute Gasteiger partial charge is 0.298 e. The molecule has 1 N–H and O–H groups in total. The Kier molecular flexibility index (Phi) is 3.66. The summed E-state index contributed by atoms with van der Waals surface area (Å²) in [6.07, 6.45) is 0. The van der Waals surface area contributed by atoms with Gasteiger partial charge < -0.3 is 9.73 Å². The number of hydrogen-bond donors (Lipinski definition) is 1. The summed E-state index contributed by atoms with van der Waals surface area (Å²) in [6, 6.07) is 4.21. The average Bonchev–Trinajstić information content (AvgIpc) is 2.73. The van der Waals surface area contributed by atoms with E-state index in [2.05, 4.69) is 5.32 Å². The fourth-order valence-corrected chi connectivity index (χ4v) is 1.66. The van der Waals surface area contributed by atoms with Crippen molar-refractivity contribution < 1.29 is 18.1 Å². The van der Waals surface area contributed by atoms with Gasteiger partial charge in [0.1, 0.15) is 17.3 Å². The van der Waals surface area contributed by atoms with Crippen LogP contribution in [0.5, 0.6) is 0 Å². The highest BCUT2D eigenvalue weighted by molar-refractivity contribution is 6.28. The van der Waals surface area contributed by atoms with E-state index in [-0.39, 0.29) is 11.8 Å². The third-order valence-corrected chi connectivity index (χ3v) is 2.50. The number of anilines is 1. The van der Waals surface area contributed by atoms with Crippen molar-refractivity contribution >= 4 is 23.0 Å². The number of nitrogens with one attached hydrogen (secondary N) is 1. The van der Waals surface area contributed by atoms with Gasteiger partial charge in [0.25, 0.3) is 5.69 Å². The minimum atomic E-state index is -1.05. The Labute approximate surface area is 110 Å². The largest absolute Gasteiger partial charge is 0.448 e. The first-order chi connectivity index (χ1) is 8.97. The summed E-state index contributed by atoms with van der Waals surface area (Å²) < 4.78 is 31.4. The molecule has 100 valence electrons. The number of nitro benzene ring substituents is 1. The van der Waals surface area contributed by atoms with E-state index in [4.69, 9.17) is 16.0 Å². The summed E-state index contributed by atoms with van der Waals surface area (Å²) in [5, 5.41) is 13.4. The second kappa shape index (κ2) is 5.23. The van der Waals surface area contributed by atoms with Crippen LogP contribution in [-0.2, 0) is 6.54 Å². The molecule has 0 saturated carbocycles. The fraction of sp³-hybridized carbons (Fsp3) is 0.0909. The third-order valence-electron chi connectivity index (χ3n) is 2.30. The maximum absolute atomic E-state index is 13.5. The molecule has 0 atom stereocenters. The Bertz CT molecular complexity index is 630. The molecule has 0 fully saturated rings. The van der Waals surface area contributed by atoms with Gasteiger partial charge in [-0.25, -0.2) is 8.78 Å². The van der Waals surface area contributed by atoms with Crippen molar-refractivity contribution in [1.82, 2.24) is 0 Å². The molecule has 19 heavy (non-hydrogen) atoms. The van der Waals surface area contributed by atoms with Crippen LogP contribution in [0.2, 0.25) is 5.22 Å². The van der Waals surface area contributed by atoms with E-state index in [1.165, 1.54) is 12.1 Å². The molecule has 5 nitrogen and oxygen atoms in total. The molecule has 0 unspecified atom stereocenters. The van der Waals surface area contributed by atoms with Crippen molar-refractivity contribution in [1.29, 1.82) is 0 Å². The van der Waals surface area contributed by atoms with Gasteiger partial charge in [-0.15, -0.1) is 0 Å². The van der Waals surface area contributed by atoms with Gasteiger partial charge >= 0.3 is 0 Å². The lowest BCUT2D eigenvalue weighted by molar-refractivity contribution is -0.384. The normalized spacial score (nSPS) is 10.5. The van der Waals surface area contributed by atoms with Crippen LogP contribution in [-0.4, -0.2) is 4.92 Å². The molecule has 1 aromatic carbocycles. The highest BCUT2D eigenvalue weighted by atomic mass is 35.5. The van der Waals surface area contributed by atoms with E-state index < -0.39 is 27.9 Å². The number of nitrogens with zero attached hydrogens (tertiary/aromatic N) is 1. The minimum absolute atomic E-state index is 0.0177. The van der Waals surface area contributed by atoms with Gasteiger partial charge in [0, 0.05) is 6.07 Å². The van der Waals surface area contributed by atoms with Gasteiger partial charge in [-0.2, -0.15) is 0 Å². The van der Waals surface area contributed by atoms with E-state index in [1.54, 1.807) is 0 Å². The molecular formula is C11H7ClF2N2O3. The lowest BCUT2D eigenvalue weighted by atomic mass is 10.2. The van der Waals surface area contributed by atoms with Crippen LogP contribution in [0.4, 0.5) is 20.2 Å². The van der Waals surface area contributed by atoms with Crippen molar-refractivity contribution in [2.24, 2.45) is 0 Å². The van der Waals surface area contributed by atoms with Crippen molar-refractivity contribution in [2.75, 3.05) is 5.32 Å². The van der Waals surface area contributed by atoms with Crippen LogP contribution in [0.3, 0.4) is 0 Å². The molecular weight excluding hydrogens is 282 g/mol. The van der Waals surface area contributed by atoms with Crippen LogP contribution >= 0.6 is 11.6 Å². The Morgan fingerprint density at radius 2 is 2.11 bits per heavy atom. The predicted molar refractivity (Wildman–Crippen MR) is 64.1 cm³/mol. The van der Waals surface area contributed by atoms with Gasteiger partial charge in [-0.05, 0) is 23.7 Å². The number of nitro groups is 1. The quantitative estimate of drug-likeness (QED) is 0.687. The summed E-state index contributed by atoms with van der Waals surface area (Å²) >= 11 is 5.55. The summed E-state index contributed by atoms with van der Waals surface area (Å²) in [6.45, 7) is -0.0177. The van der Waals surface area contributed by atoms with Gasteiger partial charge in [-0.3, -0.25) is 10.1 Å². The van der Waals surface area contributed by atoms with Crippen molar-refractivity contribution in [2.45, 2.75) is 6.54 Å². The zero-order valence-electron chi connectivity index (χ0n) is 9.32.